The largest absolute Gasteiger partial charge is 0.329 e. The average Bonchev–Trinajstić information content (AvgIpc) is 2.38. The van der Waals surface area contributed by atoms with Crippen LogP contribution in [0.15, 0.2) is 0 Å². The molecule has 0 radical (unpaired) electrons. The van der Waals surface area contributed by atoms with Crippen LogP contribution in [0.2, 0.25) is 0 Å². The van der Waals surface area contributed by atoms with E-state index in [2.05, 4.69) is 23.9 Å². The molecule has 1 aliphatic heterocycles. The zero-order valence-corrected chi connectivity index (χ0v) is 11.6. The van der Waals surface area contributed by atoms with Crippen molar-refractivity contribution in [2.24, 2.45) is 5.73 Å². The van der Waals surface area contributed by atoms with Gasteiger partial charge < -0.3 is 10.6 Å². The molecule has 0 bridgehead atoms. The van der Waals surface area contributed by atoms with Crippen LogP contribution in [0, 0.1) is 0 Å². The van der Waals surface area contributed by atoms with Crippen LogP contribution in [-0.4, -0.2) is 55.1 Å². The average molecular weight is 239 g/mol. The lowest BCUT2D eigenvalue weighted by Gasteiger charge is -2.50. The van der Waals surface area contributed by atoms with E-state index in [1.807, 2.05) is 0 Å². The molecule has 0 aromatic heterocycles. The number of nitrogens with two attached hydrogens (primary N) is 1. The number of hydrogen-bond donors (Lipinski definition) is 1. The van der Waals surface area contributed by atoms with E-state index in [0.29, 0.717) is 0 Å². The highest BCUT2D eigenvalue weighted by molar-refractivity contribution is 4.98. The minimum Gasteiger partial charge on any atom is -0.329 e. The first-order valence-corrected chi connectivity index (χ1v) is 7.29. The van der Waals surface area contributed by atoms with Gasteiger partial charge in [0.25, 0.3) is 0 Å². The molecule has 1 heterocycles. The number of rotatable bonds is 3. The second kappa shape index (κ2) is 5.68. The van der Waals surface area contributed by atoms with Gasteiger partial charge in [-0.05, 0) is 46.3 Å². The Kier molecular flexibility index (Phi) is 4.45. The first kappa shape index (κ1) is 13.3. The van der Waals surface area contributed by atoms with Gasteiger partial charge in [-0.15, -0.1) is 0 Å². The van der Waals surface area contributed by atoms with Gasteiger partial charge in [-0.1, -0.05) is 19.3 Å². The standard InChI is InChI=1S/C14H29N3/c1-16-10-6-9-14(11-15,12-16)17(2)13-7-4-3-5-8-13/h13H,3-12,15H2,1-2H3. The Hall–Kier alpha value is -0.120. The quantitative estimate of drug-likeness (QED) is 0.813. The van der Waals surface area contributed by atoms with E-state index in [1.54, 1.807) is 0 Å². The maximum absolute atomic E-state index is 6.14. The predicted octanol–water partition coefficient (Wildman–Crippen LogP) is 1.67. The molecule has 0 aromatic rings. The number of hydrogen-bond acceptors (Lipinski definition) is 3. The molecule has 0 spiro atoms. The lowest BCUT2D eigenvalue weighted by atomic mass is 9.83. The Labute approximate surface area is 106 Å². The second-order valence-electron chi connectivity index (χ2n) is 6.17. The lowest BCUT2D eigenvalue weighted by molar-refractivity contribution is 0.00449. The van der Waals surface area contributed by atoms with Crippen LogP contribution in [0.5, 0.6) is 0 Å². The van der Waals surface area contributed by atoms with Crippen molar-refractivity contribution in [3.8, 4) is 0 Å². The molecule has 17 heavy (non-hydrogen) atoms. The highest BCUT2D eigenvalue weighted by Crippen LogP contribution is 2.31. The summed E-state index contributed by atoms with van der Waals surface area (Å²) in [5.41, 5.74) is 6.38. The highest BCUT2D eigenvalue weighted by atomic mass is 15.3. The summed E-state index contributed by atoms with van der Waals surface area (Å²) in [6.07, 6.45) is 9.58. The van der Waals surface area contributed by atoms with Crippen LogP contribution in [0.3, 0.4) is 0 Å². The van der Waals surface area contributed by atoms with E-state index >= 15 is 0 Å². The van der Waals surface area contributed by atoms with Gasteiger partial charge in [-0.2, -0.15) is 0 Å². The van der Waals surface area contributed by atoms with Crippen molar-refractivity contribution in [3.63, 3.8) is 0 Å². The van der Waals surface area contributed by atoms with Gasteiger partial charge in [0, 0.05) is 24.7 Å². The molecule has 0 aromatic carbocycles. The third kappa shape index (κ3) is 2.83. The Morgan fingerprint density at radius 2 is 1.94 bits per heavy atom. The Balaban J connectivity index is 2.04. The molecule has 1 aliphatic carbocycles. The van der Waals surface area contributed by atoms with Crippen LogP contribution < -0.4 is 5.73 Å². The van der Waals surface area contributed by atoms with Crippen LogP contribution >= 0.6 is 0 Å². The van der Waals surface area contributed by atoms with Gasteiger partial charge in [-0.3, -0.25) is 4.90 Å². The van der Waals surface area contributed by atoms with Gasteiger partial charge >= 0.3 is 0 Å². The van der Waals surface area contributed by atoms with E-state index in [-0.39, 0.29) is 5.54 Å². The Morgan fingerprint density at radius 3 is 2.53 bits per heavy atom. The molecule has 1 saturated heterocycles. The molecule has 3 heteroatoms. The van der Waals surface area contributed by atoms with Crippen molar-refractivity contribution in [1.29, 1.82) is 0 Å². The third-order valence-electron chi connectivity index (χ3n) is 5.00. The molecule has 2 fully saturated rings. The van der Waals surface area contributed by atoms with E-state index in [1.165, 1.54) is 51.5 Å². The summed E-state index contributed by atoms with van der Waals surface area (Å²) in [6, 6.07) is 0.777. The fraction of sp³-hybridized carbons (Fsp3) is 1.00. The molecule has 2 N–H and O–H groups in total. The molecule has 3 nitrogen and oxygen atoms in total. The smallest absolute Gasteiger partial charge is 0.0458 e. The summed E-state index contributed by atoms with van der Waals surface area (Å²) in [7, 11) is 4.56. The zero-order chi connectivity index (χ0) is 12.3. The molecule has 100 valence electrons. The van der Waals surface area contributed by atoms with E-state index in [4.69, 9.17) is 5.73 Å². The summed E-state index contributed by atoms with van der Waals surface area (Å²) >= 11 is 0. The minimum atomic E-state index is 0.245. The van der Waals surface area contributed by atoms with Gasteiger partial charge in [0.2, 0.25) is 0 Å². The van der Waals surface area contributed by atoms with Crippen molar-refractivity contribution >= 4 is 0 Å². The fourth-order valence-corrected chi connectivity index (χ4v) is 3.79. The topological polar surface area (TPSA) is 32.5 Å². The second-order valence-corrected chi connectivity index (χ2v) is 6.17. The van der Waals surface area contributed by atoms with Crippen molar-refractivity contribution in [3.05, 3.63) is 0 Å². The first-order chi connectivity index (χ1) is 8.18. The van der Waals surface area contributed by atoms with Gasteiger partial charge in [0.05, 0.1) is 0 Å². The SMILES string of the molecule is CN1CCCC(CN)(N(C)C2CCCCC2)C1. The first-order valence-electron chi connectivity index (χ1n) is 7.29. The lowest BCUT2D eigenvalue weighted by Crippen LogP contribution is -2.63. The van der Waals surface area contributed by atoms with Gasteiger partial charge in [0.1, 0.15) is 0 Å². The summed E-state index contributed by atoms with van der Waals surface area (Å²) in [5.74, 6) is 0. The summed E-state index contributed by atoms with van der Waals surface area (Å²) in [4.78, 5) is 5.09. The third-order valence-corrected chi connectivity index (χ3v) is 5.00. The number of piperidine rings is 1. The maximum atomic E-state index is 6.14. The van der Waals surface area contributed by atoms with Crippen molar-refractivity contribution in [1.82, 2.24) is 9.80 Å². The van der Waals surface area contributed by atoms with Crippen LogP contribution in [0.25, 0.3) is 0 Å². The van der Waals surface area contributed by atoms with Crippen molar-refractivity contribution in [2.45, 2.75) is 56.5 Å². The van der Waals surface area contributed by atoms with Crippen LogP contribution in [0.1, 0.15) is 44.9 Å². The molecule has 1 saturated carbocycles. The number of likely N-dealkylation sites (tertiary alicyclic amines) is 1. The summed E-state index contributed by atoms with van der Waals surface area (Å²) in [5, 5.41) is 0. The van der Waals surface area contributed by atoms with Gasteiger partial charge in [0.15, 0.2) is 0 Å². The molecular weight excluding hydrogens is 210 g/mol. The Morgan fingerprint density at radius 1 is 1.24 bits per heavy atom. The molecule has 0 amide bonds. The van der Waals surface area contributed by atoms with Crippen LogP contribution in [0.4, 0.5) is 0 Å². The Bertz CT molecular complexity index is 238. The summed E-state index contributed by atoms with van der Waals surface area (Å²) in [6.45, 7) is 3.20. The molecule has 2 rings (SSSR count). The summed E-state index contributed by atoms with van der Waals surface area (Å²) < 4.78 is 0. The maximum Gasteiger partial charge on any atom is 0.0458 e. The minimum absolute atomic E-state index is 0.245. The van der Waals surface area contributed by atoms with Crippen LogP contribution in [-0.2, 0) is 0 Å². The molecular formula is C14H29N3. The van der Waals surface area contributed by atoms with E-state index in [0.717, 1.165) is 19.1 Å². The predicted molar refractivity (Wildman–Crippen MR) is 73.2 cm³/mol. The molecule has 2 aliphatic rings. The van der Waals surface area contributed by atoms with Gasteiger partial charge in [-0.25, -0.2) is 0 Å². The number of nitrogens with zero attached hydrogens (tertiary/aromatic N) is 2. The monoisotopic (exact) mass is 239 g/mol. The van der Waals surface area contributed by atoms with Crippen molar-refractivity contribution in [2.75, 3.05) is 33.7 Å². The normalized spacial score (nSPS) is 33.2. The fourth-order valence-electron chi connectivity index (χ4n) is 3.79. The zero-order valence-electron chi connectivity index (χ0n) is 11.6. The van der Waals surface area contributed by atoms with E-state index in [9.17, 15) is 0 Å². The van der Waals surface area contributed by atoms with E-state index < -0.39 is 0 Å². The molecule has 1 atom stereocenters. The highest BCUT2D eigenvalue weighted by Gasteiger charge is 2.39. The van der Waals surface area contributed by atoms with Crippen molar-refractivity contribution < 1.29 is 0 Å². The molecule has 1 unspecified atom stereocenters. The number of likely N-dealkylation sites (N-methyl/N-ethyl adjacent to an activating group) is 2.